The Hall–Kier alpha value is -5.01. The van der Waals surface area contributed by atoms with Gasteiger partial charge in [0.1, 0.15) is 17.7 Å². The van der Waals surface area contributed by atoms with Crippen LogP contribution < -0.4 is 14.8 Å². The fraction of sp³-hybridized carbons (Fsp3) is 0.316. The molecule has 51 heavy (non-hydrogen) atoms. The first-order valence-electron chi connectivity index (χ1n) is 16.3. The molecule has 1 heterocycles. The summed E-state index contributed by atoms with van der Waals surface area (Å²) in [6.45, 7) is 4.52. The number of carbonyl (C=O) groups excluding carboxylic acids is 2. The third-order valence-electron chi connectivity index (χ3n) is 8.60. The van der Waals surface area contributed by atoms with Crippen LogP contribution in [0.3, 0.4) is 0 Å². The molecular weight excluding hydrogens is 673 g/mol. The molecule has 5 rings (SSSR count). The molecule has 1 aliphatic rings. The summed E-state index contributed by atoms with van der Waals surface area (Å²) < 4.78 is 79.5. The smallest absolute Gasteiger partial charge is 0.419 e. The van der Waals surface area contributed by atoms with Crippen LogP contribution in [0, 0.1) is 17.6 Å². The highest BCUT2D eigenvalue weighted by Crippen LogP contribution is 2.36. The lowest BCUT2D eigenvalue weighted by atomic mass is 9.98. The number of nitrogens with one attached hydrogen (secondary N) is 1. The Morgan fingerprint density at radius 3 is 2.39 bits per heavy atom. The monoisotopic (exact) mass is 711 g/mol. The number of amides is 2. The third kappa shape index (κ3) is 9.21. The first-order valence-corrected chi connectivity index (χ1v) is 16.3. The molecule has 0 spiro atoms. The predicted molar refractivity (Wildman–Crippen MR) is 181 cm³/mol. The average Bonchev–Trinajstić information content (AvgIpc) is 3.07. The number of carbonyl (C=O) groups is 2. The molecule has 0 bridgehead atoms. The van der Waals surface area contributed by atoms with Gasteiger partial charge in [-0.2, -0.15) is 13.2 Å². The molecule has 4 aromatic rings. The van der Waals surface area contributed by atoms with E-state index >= 15 is 0 Å². The van der Waals surface area contributed by atoms with Gasteiger partial charge >= 0.3 is 6.18 Å². The lowest BCUT2D eigenvalue weighted by molar-refractivity contribution is -0.140. The standard InChI is InChI=1S/C38H38F5N3O5/c1-23-19-46(24(2)22-47)37(49)28-7-6-9-32(44-35(48)18-26-13-16-29(31(40)17-26)38(41,42)43)36(28)51-34(23)21-45(3)20-25-11-14-27(15-12-25)50-33-10-5-4-8-30(33)39/h4-17,23-24,34,47H,18-22H2,1-3H3,(H,44,48)/t23-,24?,34-/m1/s1. The van der Waals surface area contributed by atoms with Gasteiger partial charge in [-0.15, -0.1) is 0 Å². The quantitative estimate of drug-likeness (QED) is 0.159. The lowest BCUT2D eigenvalue weighted by Gasteiger charge is -2.38. The highest BCUT2D eigenvalue weighted by atomic mass is 19.4. The fourth-order valence-electron chi connectivity index (χ4n) is 5.84. The minimum absolute atomic E-state index is 0.0247. The number of para-hydroxylation sites is 2. The summed E-state index contributed by atoms with van der Waals surface area (Å²) in [7, 11) is 1.90. The van der Waals surface area contributed by atoms with Crippen molar-refractivity contribution in [1.29, 1.82) is 0 Å². The SMILES string of the molecule is CC(CO)N1C[C@@H](C)[C@@H](CN(C)Cc2ccc(Oc3ccccc3F)cc2)Oc2c(NC(=O)Cc3ccc(C(F)(F)F)c(F)c3)cccc2C1=O. The van der Waals surface area contributed by atoms with Crippen LogP contribution >= 0.6 is 0 Å². The van der Waals surface area contributed by atoms with Crippen molar-refractivity contribution < 1.29 is 46.1 Å². The highest BCUT2D eigenvalue weighted by molar-refractivity contribution is 6.02. The second kappa shape index (κ2) is 15.9. The van der Waals surface area contributed by atoms with E-state index in [4.69, 9.17) is 9.47 Å². The van der Waals surface area contributed by atoms with E-state index in [2.05, 4.69) is 5.32 Å². The Morgan fingerprint density at radius 2 is 1.73 bits per heavy atom. The Bertz CT molecular complexity index is 1850. The first kappa shape index (κ1) is 37.3. The Balaban J connectivity index is 1.35. The van der Waals surface area contributed by atoms with Crippen LogP contribution in [-0.4, -0.2) is 65.6 Å². The van der Waals surface area contributed by atoms with E-state index in [0.717, 1.165) is 11.6 Å². The number of rotatable bonds is 11. The zero-order chi connectivity index (χ0) is 36.9. The van der Waals surface area contributed by atoms with Gasteiger partial charge in [-0.1, -0.05) is 43.3 Å². The maximum absolute atomic E-state index is 14.2. The van der Waals surface area contributed by atoms with Crippen molar-refractivity contribution in [3.05, 3.63) is 119 Å². The Labute approximate surface area is 292 Å². The zero-order valence-electron chi connectivity index (χ0n) is 28.2. The summed E-state index contributed by atoms with van der Waals surface area (Å²) in [6, 6.07) is 19.8. The molecule has 0 saturated carbocycles. The van der Waals surface area contributed by atoms with Crippen molar-refractivity contribution >= 4 is 17.5 Å². The summed E-state index contributed by atoms with van der Waals surface area (Å²) in [6.07, 6.45) is -5.82. The number of anilines is 1. The average molecular weight is 712 g/mol. The number of likely N-dealkylation sites (N-methyl/N-ethyl adjacent to an activating group) is 1. The molecule has 270 valence electrons. The van der Waals surface area contributed by atoms with E-state index in [-0.39, 0.29) is 47.4 Å². The second-order valence-electron chi connectivity index (χ2n) is 12.7. The molecule has 0 fully saturated rings. The minimum Gasteiger partial charge on any atom is -0.486 e. The molecular formula is C38H38F5N3O5. The minimum atomic E-state index is -4.87. The number of fused-ring (bicyclic) bond motifs is 1. The number of aliphatic hydroxyl groups is 1. The maximum atomic E-state index is 14.2. The molecule has 4 aromatic carbocycles. The number of nitrogens with zero attached hydrogens (tertiary/aromatic N) is 2. The van der Waals surface area contributed by atoms with Gasteiger partial charge in [0.05, 0.1) is 35.9 Å². The van der Waals surface area contributed by atoms with Gasteiger partial charge in [0.25, 0.3) is 5.91 Å². The molecule has 2 N–H and O–H groups in total. The predicted octanol–water partition coefficient (Wildman–Crippen LogP) is 7.31. The zero-order valence-corrected chi connectivity index (χ0v) is 28.2. The number of benzene rings is 4. The molecule has 2 amide bonds. The van der Waals surface area contributed by atoms with Gasteiger partial charge in [-0.05, 0) is 73.6 Å². The largest absolute Gasteiger partial charge is 0.486 e. The van der Waals surface area contributed by atoms with Crippen molar-refractivity contribution in [3.63, 3.8) is 0 Å². The molecule has 0 aliphatic carbocycles. The van der Waals surface area contributed by atoms with Crippen molar-refractivity contribution in [2.75, 3.05) is 32.1 Å². The van der Waals surface area contributed by atoms with Gasteiger partial charge in [0, 0.05) is 25.6 Å². The van der Waals surface area contributed by atoms with E-state index in [1.54, 1.807) is 54.3 Å². The topological polar surface area (TPSA) is 91.3 Å². The molecule has 1 aliphatic heterocycles. The van der Waals surface area contributed by atoms with Crippen molar-refractivity contribution in [2.24, 2.45) is 5.92 Å². The van der Waals surface area contributed by atoms with Crippen molar-refractivity contribution in [1.82, 2.24) is 9.80 Å². The summed E-state index contributed by atoms with van der Waals surface area (Å²) in [5.41, 5.74) is -0.159. The molecule has 0 radical (unpaired) electrons. The van der Waals surface area contributed by atoms with Crippen molar-refractivity contribution in [3.8, 4) is 17.2 Å². The number of halogens is 5. The molecule has 8 nitrogen and oxygen atoms in total. The second-order valence-corrected chi connectivity index (χ2v) is 12.7. The van der Waals surface area contributed by atoms with Crippen LogP contribution in [-0.2, 0) is 23.9 Å². The van der Waals surface area contributed by atoms with E-state index in [1.807, 2.05) is 31.0 Å². The van der Waals surface area contributed by atoms with Gasteiger partial charge in [0.15, 0.2) is 17.3 Å². The van der Waals surface area contributed by atoms with E-state index < -0.39 is 53.8 Å². The first-order chi connectivity index (χ1) is 24.2. The summed E-state index contributed by atoms with van der Waals surface area (Å²) in [5.74, 6) is -2.59. The highest BCUT2D eigenvalue weighted by Gasteiger charge is 2.36. The van der Waals surface area contributed by atoms with Crippen LogP contribution in [0.1, 0.15) is 40.9 Å². The van der Waals surface area contributed by atoms with Gasteiger partial charge in [-0.3, -0.25) is 14.5 Å². The fourth-order valence-corrected chi connectivity index (χ4v) is 5.84. The summed E-state index contributed by atoms with van der Waals surface area (Å²) in [4.78, 5) is 30.5. The third-order valence-corrected chi connectivity index (χ3v) is 8.60. The van der Waals surface area contributed by atoms with E-state index in [1.165, 1.54) is 12.1 Å². The van der Waals surface area contributed by atoms with Gasteiger partial charge < -0.3 is 24.8 Å². The Morgan fingerprint density at radius 1 is 1.02 bits per heavy atom. The maximum Gasteiger partial charge on any atom is 0.419 e. The number of alkyl halides is 3. The lowest BCUT2D eigenvalue weighted by Crippen LogP contribution is -2.49. The van der Waals surface area contributed by atoms with Crippen molar-refractivity contribution in [2.45, 2.75) is 45.1 Å². The van der Waals surface area contributed by atoms with Gasteiger partial charge in [0.2, 0.25) is 5.91 Å². The molecule has 0 saturated heterocycles. The van der Waals surface area contributed by atoms with Crippen LogP contribution in [0.4, 0.5) is 27.6 Å². The normalized spacial score (nSPS) is 16.9. The number of hydrogen-bond donors (Lipinski definition) is 2. The number of aliphatic hydroxyl groups excluding tert-OH is 1. The molecule has 0 aromatic heterocycles. The number of hydrogen-bond acceptors (Lipinski definition) is 6. The van der Waals surface area contributed by atoms with Crippen LogP contribution in [0.2, 0.25) is 0 Å². The summed E-state index contributed by atoms with van der Waals surface area (Å²) in [5, 5.41) is 12.7. The molecule has 13 heteroatoms. The number of ether oxygens (including phenoxy) is 2. The van der Waals surface area contributed by atoms with E-state index in [0.29, 0.717) is 31.0 Å². The Kier molecular flexibility index (Phi) is 11.6. The van der Waals surface area contributed by atoms with Crippen LogP contribution in [0.15, 0.2) is 84.9 Å². The summed E-state index contributed by atoms with van der Waals surface area (Å²) >= 11 is 0. The molecule has 1 unspecified atom stereocenters. The molecule has 3 atom stereocenters. The van der Waals surface area contributed by atoms with Crippen LogP contribution in [0.5, 0.6) is 17.2 Å². The van der Waals surface area contributed by atoms with Gasteiger partial charge in [-0.25, -0.2) is 8.78 Å². The van der Waals surface area contributed by atoms with E-state index in [9.17, 15) is 36.6 Å². The van der Waals surface area contributed by atoms with Crippen LogP contribution in [0.25, 0.3) is 0 Å².